The summed E-state index contributed by atoms with van der Waals surface area (Å²) in [4.78, 5) is 16.7. The number of benzene rings is 1. The van der Waals surface area contributed by atoms with Crippen LogP contribution in [-0.4, -0.2) is 42.1 Å². The molecule has 5 rings (SSSR count). The number of aryl methyl sites for hydroxylation is 2. The summed E-state index contributed by atoms with van der Waals surface area (Å²) < 4.78 is 4.50. The van der Waals surface area contributed by atoms with E-state index in [0.29, 0.717) is 5.92 Å². The van der Waals surface area contributed by atoms with Gasteiger partial charge < -0.3 is 9.13 Å². The molecule has 3 aromatic heterocycles. The molecule has 1 fully saturated rings. The molecule has 150 valence electrons. The quantitative estimate of drug-likeness (QED) is 0.503. The van der Waals surface area contributed by atoms with E-state index in [2.05, 4.69) is 68.8 Å². The molecule has 0 amide bonds. The van der Waals surface area contributed by atoms with Gasteiger partial charge in [0.1, 0.15) is 11.6 Å². The van der Waals surface area contributed by atoms with Crippen LogP contribution in [0.3, 0.4) is 0 Å². The third-order valence-corrected chi connectivity index (χ3v) is 6.77. The average Bonchev–Trinajstić information content (AvgIpc) is 3.44. The lowest BCUT2D eigenvalue weighted by atomic mass is 9.96. The summed E-state index contributed by atoms with van der Waals surface area (Å²) in [6, 6.07) is 8.37. The van der Waals surface area contributed by atoms with Crippen molar-refractivity contribution in [3.63, 3.8) is 0 Å². The summed E-state index contributed by atoms with van der Waals surface area (Å²) in [6.07, 6.45) is 6.30. The van der Waals surface area contributed by atoms with Gasteiger partial charge in [-0.1, -0.05) is 12.1 Å². The number of para-hydroxylation sites is 2. The van der Waals surface area contributed by atoms with E-state index in [1.807, 2.05) is 6.20 Å². The molecule has 0 atom stereocenters. The largest absolute Gasteiger partial charge is 0.330 e. The van der Waals surface area contributed by atoms with Gasteiger partial charge in [0.2, 0.25) is 0 Å². The van der Waals surface area contributed by atoms with Crippen LogP contribution in [0, 0.1) is 6.92 Å². The van der Waals surface area contributed by atoms with Crippen LogP contribution in [0.2, 0.25) is 0 Å². The summed E-state index contributed by atoms with van der Waals surface area (Å²) in [5.41, 5.74) is 3.42. The van der Waals surface area contributed by atoms with Crippen LogP contribution in [0.1, 0.15) is 41.1 Å². The maximum atomic E-state index is 4.84. The van der Waals surface area contributed by atoms with E-state index in [-0.39, 0.29) is 0 Å². The summed E-state index contributed by atoms with van der Waals surface area (Å²) in [5.74, 6) is 2.87. The van der Waals surface area contributed by atoms with Crippen molar-refractivity contribution in [2.75, 3.05) is 13.1 Å². The standard InChI is InChI=1S/C22H26N6S/c1-16-24-18(15-29-16)13-28-12-9-23-22(28)17-7-10-27(11-8-17)14-21-25-19-5-3-4-6-20(19)26(21)2/h3-6,9,12,15,17H,7-8,10-11,13-14H2,1-2H3. The SMILES string of the molecule is Cc1nc(Cn2ccnc2C2CCN(Cc3nc4ccccc4n3C)CC2)cs1. The van der Waals surface area contributed by atoms with E-state index in [1.165, 1.54) is 11.3 Å². The molecular weight excluding hydrogens is 380 g/mol. The first kappa shape index (κ1) is 18.5. The van der Waals surface area contributed by atoms with Crippen molar-refractivity contribution >= 4 is 22.4 Å². The fraction of sp³-hybridized carbons (Fsp3) is 0.409. The Labute approximate surface area is 174 Å². The number of rotatable bonds is 5. The highest BCUT2D eigenvalue weighted by molar-refractivity contribution is 7.09. The lowest BCUT2D eigenvalue weighted by Crippen LogP contribution is -2.34. The molecule has 0 aliphatic carbocycles. The molecule has 0 spiro atoms. The van der Waals surface area contributed by atoms with Crippen LogP contribution < -0.4 is 0 Å². The molecule has 1 aliphatic heterocycles. The van der Waals surface area contributed by atoms with Crippen molar-refractivity contribution in [2.45, 2.75) is 38.8 Å². The van der Waals surface area contributed by atoms with E-state index in [1.54, 1.807) is 11.3 Å². The number of hydrogen-bond donors (Lipinski definition) is 0. The molecule has 0 radical (unpaired) electrons. The molecule has 0 N–H and O–H groups in total. The second kappa shape index (κ2) is 7.72. The predicted octanol–water partition coefficient (Wildman–Crippen LogP) is 3.96. The number of hydrogen-bond acceptors (Lipinski definition) is 5. The third kappa shape index (κ3) is 3.72. The Bertz CT molecular complexity index is 1120. The van der Waals surface area contributed by atoms with Gasteiger partial charge in [-0.3, -0.25) is 4.90 Å². The highest BCUT2D eigenvalue weighted by Gasteiger charge is 2.25. The summed E-state index contributed by atoms with van der Waals surface area (Å²) in [7, 11) is 2.12. The fourth-order valence-electron chi connectivity index (χ4n) is 4.36. The maximum absolute atomic E-state index is 4.84. The van der Waals surface area contributed by atoms with Crippen molar-refractivity contribution in [3.8, 4) is 0 Å². The minimum absolute atomic E-state index is 0.515. The molecule has 4 aromatic rings. The molecule has 0 unspecified atom stereocenters. The summed E-state index contributed by atoms with van der Waals surface area (Å²) in [5, 5.41) is 3.27. The van der Waals surface area contributed by atoms with Crippen molar-refractivity contribution < 1.29 is 0 Å². The molecular formula is C22H26N6S. The first-order valence-corrected chi connectivity index (χ1v) is 11.1. The number of piperidine rings is 1. The van der Waals surface area contributed by atoms with Gasteiger partial charge in [-0.25, -0.2) is 15.0 Å². The molecule has 29 heavy (non-hydrogen) atoms. The Kier molecular flexibility index (Phi) is 4.93. The minimum Gasteiger partial charge on any atom is -0.330 e. The van der Waals surface area contributed by atoms with Gasteiger partial charge in [-0.05, 0) is 45.0 Å². The Morgan fingerprint density at radius 2 is 1.93 bits per heavy atom. The molecule has 1 saturated heterocycles. The van der Waals surface area contributed by atoms with Crippen molar-refractivity contribution in [2.24, 2.45) is 7.05 Å². The number of nitrogens with zero attached hydrogens (tertiary/aromatic N) is 6. The molecule has 1 aliphatic rings. The third-order valence-electron chi connectivity index (χ3n) is 5.94. The van der Waals surface area contributed by atoms with Crippen LogP contribution in [-0.2, 0) is 20.1 Å². The first-order valence-electron chi connectivity index (χ1n) is 10.2. The second-order valence-electron chi connectivity index (χ2n) is 7.90. The molecule has 6 nitrogen and oxygen atoms in total. The molecule has 1 aromatic carbocycles. The van der Waals surface area contributed by atoms with Crippen molar-refractivity contribution in [1.29, 1.82) is 0 Å². The summed E-state index contributed by atoms with van der Waals surface area (Å²) in [6.45, 7) is 5.95. The average molecular weight is 407 g/mol. The number of likely N-dealkylation sites (tertiary alicyclic amines) is 1. The normalized spacial score (nSPS) is 16.1. The molecule has 4 heterocycles. The highest BCUT2D eigenvalue weighted by atomic mass is 32.1. The minimum atomic E-state index is 0.515. The number of thiazole rings is 1. The van der Waals surface area contributed by atoms with Crippen LogP contribution in [0.15, 0.2) is 42.0 Å². The van der Waals surface area contributed by atoms with E-state index in [0.717, 1.165) is 61.1 Å². The van der Waals surface area contributed by atoms with Crippen LogP contribution in [0.25, 0.3) is 11.0 Å². The van der Waals surface area contributed by atoms with Crippen molar-refractivity contribution in [3.05, 3.63) is 64.4 Å². The Hall–Kier alpha value is -2.51. The smallest absolute Gasteiger partial charge is 0.123 e. The Morgan fingerprint density at radius 3 is 2.69 bits per heavy atom. The van der Waals surface area contributed by atoms with Gasteiger partial charge in [0.25, 0.3) is 0 Å². The number of imidazole rings is 2. The van der Waals surface area contributed by atoms with Gasteiger partial charge in [0.05, 0.1) is 34.8 Å². The number of fused-ring (bicyclic) bond motifs is 1. The van der Waals surface area contributed by atoms with E-state index >= 15 is 0 Å². The molecule has 0 bridgehead atoms. The second-order valence-corrected chi connectivity index (χ2v) is 8.96. The van der Waals surface area contributed by atoms with Gasteiger partial charge >= 0.3 is 0 Å². The Balaban J connectivity index is 1.24. The molecule has 0 saturated carbocycles. The highest BCUT2D eigenvalue weighted by Crippen LogP contribution is 2.28. The van der Waals surface area contributed by atoms with E-state index in [9.17, 15) is 0 Å². The zero-order valence-electron chi connectivity index (χ0n) is 17.0. The van der Waals surface area contributed by atoms with Crippen LogP contribution in [0.4, 0.5) is 0 Å². The van der Waals surface area contributed by atoms with Gasteiger partial charge in [-0.2, -0.15) is 0 Å². The van der Waals surface area contributed by atoms with E-state index in [4.69, 9.17) is 9.97 Å². The summed E-state index contributed by atoms with van der Waals surface area (Å²) >= 11 is 1.71. The van der Waals surface area contributed by atoms with Gasteiger partial charge in [-0.15, -0.1) is 11.3 Å². The lowest BCUT2D eigenvalue weighted by Gasteiger charge is -2.31. The predicted molar refractivity (Wildman–Crippen MR) is 116 cm³/mol. The van der Waals surface area contributed by atoms with Crippen LogP contribution >= 0.6 is 11.3 Å². The Morgan fingerprint density at radius 1 is 1.10 bits per heavy atom. The fourth-order valence-corrected chi connectivity index (χ4v) is 4.96. The number of aromatic nitrogens is 5. The van der Waals surface area contributed by atoms with E-state index < -0.39 is 0 Å². The topological polar surface area (TPSA) is 51.8 Å². The van der Waals surface area contributed by atoms with Gasteiger partial charge in [0, 0.05) is 30.7 Å². The molecule has 7 heteroatoms. The van der Waals surface area contributed by atoms with Gasteiger partial charge in [0.15, 0.2) is 0 Å². The maximum Gasteiger partial charge on any atom is 0.123 e. The van der Waals surface area contributed by atoms with Crippen LogP contribution in [0.5, 0.6) is 0 Å². The monoisotopic (exact) mass is 406 g/mol. The zero-order valence-corrected chi connectivity index (χ0v) is 17.8. The van der Waals surface area contributed by atoms with Crippen molar-refractivity contribution in [1.82, 2.24) is 29.0 Å². The lowest BCUT2D eigenvalue weighted by molar-refractivity contribution is 0.195. The zero-order chi connectivity index (χ0) is 19.8. The first-order chi connectivity index (χ1) is 14.2.